The van der Waals surface area contributed by atoms with Gasteiger partial charge >= 0.3 is 0 Å². The molecule has 1 saturated heterocycles. The number of amidine groups is 1. The summed E-state index contributed by atoms with van der Waals surface area (Å²) in [4.78, 5) is 15.0. The highest BCUT2D eigenvalue weighted by Crippen LogP contribution is 2.28. The second-order valence-corrected chi connectivity index (χ2v) is 7.93. The molecule has 0 radical (unpaired) electrons. The Kier molecular flexibility index (Phi) is 10.2. The largest absolute Gasteiger partial charge is 0.384 e. The van der Waals surface area contributed by atoms with Crippen LogP contribution in [0.15, 0.2) is 36.4 Å². The van der Waals surface area contributed by atoms with Crippen molar-refractivity contribution in [1.82, 2.24) is 10.2 Å². The Morgan fingerprint density at radius 2 is 1.82 bits per heavy atom. The zero-order valence-corrected chi connectivity index (χ0v) is 19.5. The van der Waals surface area contributed by atoms with E-state index >= 15 is 4.39 Å². The van der Waals surface area contributed by atoms with Crippen LogP contribution < -0.4 is 11.1 Å². The van der Waals surface area contributed by atoms with Crippen molar-refractivity contribution in [2.75, 3.05) is 19.7 Å². The van der Waals surface area contributed by atoms with Gasteiger partial charge in [-0.25, -0.2) is 8.78 Å². The van der Waals surface area contributed by atoms with E-state index in [0.717, 1.165) is 37.9 Å². The van der Waals surface area contributed by atoms with Crippen molar-refractivity contribution < 1.29 is 18.3 Å². The highest BCUT2D eigenvalue weighted by molar-refractivity contribution is 5.94. The summed E-state index contributed by atoms with van der Waals surface area (Å²) in [6.45, 7) is 4.09. The summed E-state index contributed by atoms with van der Waals surface area (Å²) in [5.41, 5.74) is 6.79. The van der Waals surface area contributed by atoms with E-state index in [1.807, 2.05) is 0 Å². The highest BCUT2D eigenvalue weighted by Gasteiger charge is 2.29. The van der Waals surface area contributed by atoms with Gasteiger partial charge in [0.2, 0.25) is 0 Å². The zero-order chi connectivity index (χ0) is 23.1. The second-order valence-electron chi connectivity index (χ2n) is 7.93. The Morgan fingerprint density at radius 3 is 2.42 bits per heavy atom. The van der Waals surface area contributed by atoms with Gasteiger partial charge in [0.25, 0.3) is 5.91 Å². The molecule has 1 aliphatic heterocycles. The predicted molar refractivity (Wildman–Crippen MR) is 126 cm³/mol. The Balaban J connectivity index is 0.00000385. The predicted octanol–water partition coefficient (Wildman–Crippen LogP) is 4.05. The minimum Gasteiger partial charge on any atom is -0.384 e. The van der Waals surface area contributed by atoms with E-state index in [9.17, 15) is 9.18 Å². The van der Waals surface area contributed by atoms with Gasteiger partial charge < -0.3 is 15.8 Å². The number of amides is 1. The lowest BCUT2D eigenvalue weighted by molar-refractivity contribution is -0.133. The molecule has 1 fully saturated rings. The summed E-state index contributed by atoms with van der Waals surface area (Å²) in [7, 11) is 0. The number of rotatable bonds is 9. The van der Waals surface area contributed by atoms with Gasteiger partial charge in [-0.3, -0.25) is 15.1 Å². The van der Waals surface area contributed by atoms with E-state index < -0.39 is 23.6 Å². The number of hydrogen-bond acceptors (Lipinski definition) is 4. The standard InChI is InChI=1S/C24H30F2N4O2.ClH/c1-2-32-22(24(31)29-14-16-6-8-17(9-7-16)23(27)28)20-19(25)11-10-18(21(20)26)15-30-12-4-3-5-13-30;/h6-11,22H,2-5,12-15H2,1H3,(H3,27,28)(H,29,31);1H. The lowest BCUT2D eigenvalue weighted by atomic mass is 10.0. The van der Waals surface area contributed by atoms with Gasteiger partial charge in [-0.1, -0.05) is 36.8 Å². The third kappa shape index (κ3) is 6.96. The fourth-order valence-corrected chi connectivity index (χ4v) is 3.88. The van der Waals surface area contributed by atoms with Crippen LogP contribution in [-0.2, 0) is 22.6 Å². The minimum atomic E-state index is -1.39. The maximum atomic E-state index is 15.3. The van der Waals surface area contributed by atoms with Crippen molar-refractivity contribution in [3.8, 4) is 0 Å². The van der Waals surface area contributed by atoms with E-state index in [4.69, 9.17) is 15.9 Å². The first-order valence-electron chi connectivity index (χ1n) is 10.9. The molecule has 0 aliphatic carbocycles. The lowest BCUT2D eigenvalue weighted by Gasteiger charge is -2.27. The normalized spacial score (nSPS) is 14.9. The van der Waals surface area contributed by atoms with E-state index in [0.29, 0.717) is 17.7 Å². The van der Waals surface area contributed by atoms with Crippen LogP contribution >= 0.6 is 12.4 Å². The van der Waals surface area contributed by atoms with Gasteiger partial charge in [0.1, 0.15) is 17.5 Å². The first-order valence-corrected chi connectivity index (χ1v) is 10.9. The summed E-state index contributed by atoms with van der Waals surface area (Å²) in [6, 6.07) is 9.46. The number of halogens is 3. The number of benzene rings is 2. The summed E-state index contributed by atoms with van der Waals surface area (Å²) in [6.07, 6.45) is 1.90. The summed E-state index contributed by atoms with van der Waals surface area (Å²) in [5.74, 6) is -2.19. The molecule has 1 heterocycles. The SMILES string of the molecule is CCOC(C(=O)NCc1ccc(C(=N)N)cc1)c1c(F)ccc(CN2CCCCC2)c1F.Cl. The van der Waals surface area contributed by atoms with Gasteiger partial charge in [-0.15, -0.1) is 12.4 Å². The zero-order valence-electron chi connectivity index (χ0n) is 18.7. The van der Waals surface area contributed by atoms with Crippen molar-refractivity contribution >= 4 is 24.1 Å². The Bertz CT molecular complexity index is 950. The summed E-state index contributed by atoms with van der Waals surface area (Å²) < 4.78 is 35.5. The molecule has 0 saturated carbocycles. The van der Waals surface area contributed by atoms with E-state index in [1.165, 1.54) is 12.1 Å². The topological polar surface area (TPSA) is 91.4 Å². The van der Waals surface area contributed by atoms with E-state index in [1.54, 1.807) is 31.2 Å². The molecule has 9 heteroatoms. The van der Waals surface area contributed by atoms with E-state index in [2.05, 4.69) is 10.2 Å². The van der Waals surface area contributed by atoms with Crippen molar-refractivity contribution in [2.24, 2.45) is 5.73 Å². The molecule has 180 valence electrons. The molecular weight excluding hydrogens is 450 g/mol. The van der Waals surface area contributed by atoms with Gasteiger partial charge in [-0.05, 0) is 44.5 Å². The van der Waals surface area contributed by atoms with Crippen LogP contribution in [0.5, 0.6) is 0 Å². The molecule has 6 nitrogen and oxygen atoms in total. The van der Waals surface area contributed by atoms with E-state index in [-0.39, 0.29) is 37.0 Å². The number of nitrogens with one attached hydrogen (secondary N) is 2. The maximum absolute atomic E-state index is 15.3. The Morgan fingerprint density at radius 1 is 1.15 bits per heavy atom. The molecule has 2 aromatic carbocycles. The molecule has 0 spiro atoms. The number of carbonyl (C=O) groups is 1. The van der Waals surface area contributed by atoms with Crippen LogP contribution in [-0.4, -0.2) is 36.3 Å². The van der Waals surface area contributed by atoms with Gasteiger partial charge in [0.15, 0.2) is 6.10 Å². The van der Waals surface area contributed by atoms with Crippen LogP contribution in [0.4, 0.5) is 8.78 Å². The molecule has 4 N–H and O–H groups in total. The van der Waals surface area contributed by atoms with Crippen molar-refractivity contribution in [3.63, 3.8) is 0 Å². The number of hydrogen-bond donors (Lipinski definition) is 3. The average molecular weight is 481 g/mol. The smallest absolute Gasteiger partial charge is 0.254 e. The van der Waals surface area contributed by atoms with Gasteiger partial charge in [0.05, 0.1) is 5.56 Å². The first-order chi connectivity index (χ1) is 15.4. The van der Waals surface area contributed by atoms with Crippen LogP contribution in [0.25, 0.3) is 0 Å². The average Bonchev–Trinajstić information content (AvgIpc) is 2.80. The summed E-state index contributed by atoms with van der Waals surface area (Å²) >= 11 is 0. The molecule has 33 heavy (non-hydrogen) atoms. The number of piperidine rings is 1. The van der Waals surface area contributed by atoms with Gasteiger partial charge in [-0.2, -0.15) is 0 Å². The van der Waals surface area contributed by atoms with Crippen molar-refractivity contribution in [2.45, 2.75) is 45.4 Å². The van der Waals surface area contributed by atoms with Crippen molar-refractivity contribution in [3.05, 3.63) is 70.3 Å². The third-order valence-corrected chi connectivity index (χ3v) is 5.61. The van der Waals surface area contributed by atoms with Gasteiger partial charge in [0, 0.05) is 30.8 Å². The number of carbonyl (C=O) groups excluding carboxylic acids is 1. The molecule has 1 unspecified atom stereocenters. The molecule has 0 aromatic heterocycles. The van der Waals surface area contributed by atoms with Crippen molar-refractivity contribution in [1.29, 1.82) is 5.41 Å². The quantitative estimate of drug-likeness (QED) is 0.373. The fraction of sp³-hybridized carbons (Fsp3) is 0.417. The molecule has 0 bridgehead atoms. The molecular formula is C24H31ClF2N4O2. The third-order valence-electron chi connectivity index (χ3n) is 5.61. The minimum absolute atomic E-state index is 0. The summed E-state index contributed by atoms with van der Waals surface area (Å²) in [5, 5.41) is 10.1. The lowest BCUT2D eigenvalue weighted by Crippen LogP contribution is -2.33. The molecule has 1 aliphatic rings. The molecule has 2 aromatic rings. The van der Waals surface area contributed by atoms with Crippen LogP contribution in [0.1, 0.15) is 54.5 Å². The Labute approximate surface area is 199 Å². The van der Waals surface area contributed by atoms with Crippen LogP contribution in [0.3, 0.4) is 0 Å². The number of nitrogens with zero attached hydrogens (tertiary/aromatic N) is 1. The first kappa shape index (κ1) is 26.7. The number of nitrogens with two attached hydrogens (primary N) is 1. The fourth-order valence-electron chi connectivity index (χ4n) is 3.88. The number of nitrogen functional groups attached to an aromatic ring is 1. The van der Waals surface area contributed by atoms with Crippen LogP contribution in [0.2, 0.25) is 0 Å². The monoisotopic (exact) mass is 480 g/mol. The van der Waals surface area contributed by atoms with Crippen LogP contribution in [0, 0.1) is 17.0 Å². The Hall–Kier alpha value is -2.55. The molecule has 1 atom stereocenters. The maximum Gasteiger partial charge on any atom is 0.254 e. The number of ether oxygens (including phenoxy) is 1. The number of likely N-dealkylation sites (tertiary alicyclic amines) is 1. The second kappa shape index (κ2) is 12.6. The molecule has 1 amide bonds. The highest BCUT2D eigenvalue weighted by atomic mass is 35.5. The molecule has 3 rings (SSSR count).